The third kappa shape index (κ3) is 5.55. The van der Waals surface area contributed by atoms with Gasteiger partial charge in [0.1, 0.15) is 48.6 Å². The number of carboxylic acids is 1. The molecule has 1 saturated heterocycles. The number of phenolic OH excluding ortho intramolecular Hbond substituents is 1. The van der Waals surface area contributed by atoms with E-state index in [1.165, 1.54) is 43.7 Å². The minimum atomic E-state index is -1.75. The van der Waals surface area contributed by atoms with Gasteiger partial charge in [-0.05, 0) is 29.8 Å². The van der Waals surface area contributed by atoms with Crippen molar-refractivity contribution >= 4 is 22.9 Å². The molecule has 0 spiro atoms. The number of aromatic hydroxyl groups is 1. The van der Waals surface area contributed by atoms with Crippen molar-refractivity contribution in [1.29, 1.82) is 0 Å². The number of aliphatic carboxylic acids is 1. The first kappa shape index (κ1) is 26.9. The van der Waals surface area contributed by atoms with E-state index in [4.69, 9.17) is 23.4 Å². The van der Waals surface area contributed by atoms with Crippen molar-refractivity contribution in [3.8, 4) is 28.4 Å². The largest absolute Gasteiger partial charge is 0.550 e. The van der Waals surface area contributed by atoms with Gasteiger partial charge in [-0.15, -0.1) is 0 Å². The second kappa shape index (κ2) is 11.1. The maximum atomic E-state index is 13.0. The van der Waals surface area contributed by atoms with Crippen molar-refractivity contribution in [2.75, 3.05) is 13.7 Å². The van der Waals surface area contributed by atoms with Crippen molar-refractivity contribution < 1.29 is 58.5 Å². The standard InChI is InChI=1S/C25H24O13/c1-34-16-5-2-11(6-15(16)26)14-9-35-17-7-12(3-4-13(17)21(14)30)37-25-24(33)23(32)22(31)18(38-25)10-36-20(29)8-19(27)28/h2-7,9,18,22-26,31-33H,8,10H2,1H3,(H,27,28)/p-1/t18-,22-,23+,24-,25-/m1/s1. The van der Waals surface area contributed by atoms with Crippen molar-refractivity contribution in [1.82, 2.24) is 0 Å². The van der Waals surface area contributed by atoms with Crippen LogP contribution in [0.3, 0.4) is 0 Å². The fraction of sp³-hybridized carbons (Fsp3) is 0.320. The molecule has 0 unspecified atom stereocenters. The van der Waals surface area contributed by atoms with Crippen LogP contribution in [0.15, 0.2) is 51.9 Å². The lowest BCUT2D eigenvalue weighted by Crippen LogP contribution is -2.60. The number of hydrogen-bond donors (Lipinski definition) is 4. The SMILES string of the molecule is COc1ccc(-c2coc3cc(O[C@@H]4O[C@H](COC(=O)CC(=O)[O-])[C@@H](O)[C@H](O)[C@H]4O)ccc3c2=O)cc1O. The van der Waals surface area contributed by atoms with Crippen LogP contribution in [-0.4, -0.2) is 76.8 Å². The molecule has 0 saturated carbocycles. The maximum absolute atomic E-state index is 13.0. The number of esters is 1. The number of methoxy groups -OCH3 is 1. The minimum absolute atomic E-state index is 0.0656. The van der Waals surface area contributed by atoms with Gasteiger partial charge in [0.05, 0.1) is 30.4 Å². The highest BCUT2D eigenvalue weighted by Gasteiger charge is 2.45. The predicted molar refractivity (Wildman–Crippen MR) is 124 cm³/mol. The fourth-order valence-corrected chi connectivity index (χ4v) is 3.87. The van der Waals surface area contributed by atoms with Gasteiger partial charge in [0, 0.05) is 6.07 Å². The van der Waals surface area contributed by atoms with Crippen LogP contribution in [0, 0.1) is 0 Å². The summed E-state index contributed by atoms with van der Waals surface area (Å²) in [5.41, 5.74) is 0.307. The van der Waals surface area contributed by atoms with E-state index in [1.54, 1.807) is 6.07 Å². The molecule has 202 valence electrons. The lowest BCUT2D eigenvalue weighted by atomic mass is 9.99. The Labute approximate surface area is 214 Å². The highest BCUT2D eigenvalue weighted by Crippen LogP contribution is 2.32. The van der Waals surface area contributed by atoms with Crippen molar-refractivity contribution in [2.45, 2.75) is 37.1 Å². The number of aliphatic hydroxyl groups excluding tert-OH is 3. The number of aliphatic hydroxyl groups is 3. The number of rotatable bonds is 8. The molecule has 4 rings (SSSR count). The van der Waals surface area contributed by atoms with Crippen LogP contribution in [0.4, 0.5) is 0 Å². The van der Waals surface area contributed by atoms with Gasteiger partial charge in [-0.2, -0.15) is 0 Å². The lowest BCUT2D eigenvalue weighted by molar-refractivity contribution is -0.305. The first-order valence-corrected chi connectivity index (χ1v) is 11.2. The molecule has 3 aromatic rings. The van der Waals surface area contributed by atoms with Gasteiger partial charge in [-0.25, -0.2) is 0 Å². The average Bonchev–Trinajstić information content (AvgIpc) is 2.88. The quantitative estimate of drug-likeness (QED) is 0.204. The average molecular weight is 531 g/mol. The number of carbonyl (C=O) groups is 2. The summed E-state index contributed by atoms with van der Waals surface area (Å²) in [6.45, 7) is -0.632. The van der Waals surface area contributed by atoms with Crippen molar-refractivity contribution in [3.05, 3.63) is 52.9 Å². The molecule has 13 heteroatoms. The molecule has 4 N–H and O–H groups in total. The molecule has 5 atom stereocenters. The number of ether oxygens (including phenoxy) is 4. The molecule has 13 nitrogen and oxygen atoms in total. The van der Waals surface area contributed by atoms with Crippen LogP contribution >= 0.6 is 0 Å². The molecule has 1 aliphatic rings. The van der Waals surface area contributed by atoms with Gasteiger partial charge in [0.2, 0.25) is 6.29 Å². The van der Waals surface area contributed by atoms with Crippen molar-refractivity contribution in [3.63, 3.8) is 0 Å². The van der Waals surface area contributed by atoms with Gasteiger partial charge >= 0.3 is 5.97 Å². The van der Waals surface area contributed by atoms with Gasteiger partial charge < -0.3 is 53.7 Å². The minimum Gasteiger partial charge on any atom is -0.550 e. The number of phenols is 1. The first-order chi connectivity index (χ1) is 18.1. The molecule has 0 bridgehead atoms. The van der Waals surface area contributed by atoms with Crippen LogP contribution in [-0.2, 0) is 19.1 Å². The summed E-state index contributed by atoms with van der Waals surface area (Å²) in [6.07, 6.45) is -7.84. The zero-order chi connectivity index (χ0) is 27.6. The number of hydrogen-bond acceptors (Lipinski definition) is 13. The topological polar surface area (TPSA) is 205 Å². The van der Waals surface area contributed by atoms with Gasteiger partial charge in [0.25, 0.3) is 0 Å². The number of carbonyl (C=O) groups excluding carboxylic acids is 2. The molecule has 1 aliphatic heterocycles. The Bertz CT molecular complexity index is 1400. The van der Waals surface area contributed by atoms with E-state index in [1.807, 2.05) is 0 Å². The molecular formula is C25H23O13-. The highest BCUT2D eigenvalue weighted by molar-refractivity contribution is 5.89. The monoisotopic (exact) mass is 531 g/mol. The van der Waals surface area contributed by atoms with Gasteiger partial charge in [-0.1, -0.05) is 6.07 Å². The zero-order valence-corrected chi connectivity index (χ0v) is 19.8. The summed E-state index contributed by atoms with van der Waals surface area (Å²) < 4.78 is 26.3. The number of carboxylic acid groups (broad SMARTS) is 1. The summed E-state index contributed by atoms with van der Waals surface area (Å²) in [5, 5.41) is 51.3. The van der Waals surface area contributed by atoms with Crippen LogP contribution < -0.4 is 20.0 Å². The van der Waals surface area contributed by atoms with E-state index >= 15 is 0 Å². The maximum Gasteiger partial charge on any atom is 0.311 e. The molecule has 2 aromatic carbocycles. The van der Waals surface area contributed by atoms with Gasteiger partial charge in [0.15, 0.2) is 16.9 Å². The van der Waals surface area contributed by atoms with Crippen LogP contribution in [0.5, 0.6) is 17.2 Å². The summed E-state index contributed by atoms with van der Waals surface area (Å²) in [5.74, 6) is -2.65. The third-order valence-corrected chi connectivity index (χ3v) is 5.85. The van der Waals surface area contributed by atoms with E-state index in [2.05, 4.69) is 0 Å². The summed E-state index contributed by atoms with van der Waals surface area (Å²) in [7, 11) is 1.40. The second-order valence-corrected chi connectivity index (χ2v) is 8.39. The molecular weight excluding hydrogens is 508 g/mol. The molecule has 0 aliphatic carbocycles. The first-order valence-electron chi connectivity index (χ1n) is 11.2. The molecule has 1 aromatic heterocycles. The normalized spacial score (nSPS) is 23.1. The molecule has 38 heavy (non-hydrogen) atoms. The molecule has 2 heterocycles. The summed E-state index contributed by atoms with van der Waals surface area (Å²) >= 11 is 0. The van der Waals surface area contributed by atoms with E-state index in [0.717, 1.165) is 0 Å². The molecule has 0 amide bonds. The summed E-state index contributed by atoms with van der Waals surface area (Å²) in [6, 6.07) is 8.59. The number of benzene rings is 2. The van der Waals surface area contributed by atoms with Crippen LogP contribution in [0.25, 0.3) is 22.1 Å². The summed E-state index contributed by atoms with van der Waals surface area (Å²) in [4.78, 5) is 35.0. The van der Waals surface area contributed by atoms with Gasteiger partial charge in [-0.3, -0.25) is 9.59 Å². The Balaban J connectivity index is 1.52. The predicted octanol–water partition coefficient (Wildman–Crippen LogP) is -0.956. The highest BCUT2D eigenvalue weighted by atomic mass is 16.7. The lowest BCUT2D eigenvalue weighted by Gasteiger charge is -2.39. The van der Waals surface area contributed by atoms with E-state index < -0.39 is 61.1 Å². The Hall–Kier alpha value is -4.17. The smallest absolute Gasteiger partial charge is 0.311 e. The fourth-order valence-electron chi connectivity index (χ4n) is 3.87. The molecule has 0 radical (unpaired) electrons. The number of fused-ring (bicyclic) bond motifs is 1. The van der Waals surface area contributed by atoms with E-state index in [-0.39, 0.29) is 33.8 Å². The van der Waals surface area contributed by atoms with Crippen LogP contribution in [0.1, 0.15) is 6.42 Å². The molecule has 1 fully saturated rings. The Morgan fingerprint density at radius 2 is 1.82 bits per heavy atom. The Morgan fingerprint density at radius 3 is 2.50 bits per heavy atom. The Kier molecular flexibility index (Phi) is 7.83. The van der Waals surface area contributed by atoms with Crippen molar-refractivity contribution in [2.24, 2.45) is 0 Å². The van der Waals surface area contributed by atoms with E-state index in [0.29, 0.717) is 5.56 Å². The van der Waals surface area contributed by atoms with Crippen LogP contribution in [0.2, 0.25) is 0 Å². The van der Waals surface area contributed by atoms with E-state index in [9.17, 15) is 39.9 Å². The third-order valence-electron chi connectivity index (χ3n) is 5.85. The Morgan fingerprint density at radius 1 is 1.05 bits per heavy atom. The zero-order valence-electron chi connectivity index (χ0n) is 19.8. The second-order valence-electron chi connectivity index (χ2n) is 8.39.